The fourth-order valence-electron chi connectivity index (χ4n) is 2.54. The molecule has 2 aromatic carbocycles. The molecule has 0 aliphatic carbocycles. The molecule has 0 fully saturated rings. The molecule has 2 aromatic rings. The molecule has 0 aliphatic heterocycles. The first-order valence-electron chi connectivity index (χ1n) is 9.12. The number of alkyl halides is 3. The van der Waals surface area contributed by atoms with Gasteiger partial charge in [0.1, 0.15) is 0 Å². The van der Waals surface area contributed by atoms with Gasteiger partial charge in [0.05, 0.1) is 10.5 Å². The van der Waals surface area contributed by atoms with Crippen LogP contribution >= 0.6 is 0 Å². The Morgan fingerprint density at radius 1 is 1.07 bits per heavy atom. The first kappa shape index (κ1) is 23.6. The molecule has 9 heteroatoms. The third-order valence-electron chi connectivity index (χ3n) is 4.46. The van der Waals surface area contributed by atoms with E-state index in [0.29, 0.717) is 11.6 Å². The summed E-state index contributed by atoms with van der Waals surface area (Å²) in [4.78, 5) is 12.1. The number of amides is 1. The molecule has 1 N–H and O–H groups in total. The summed E-state index contributed by atoms with van der Waals surface area (Å²) in [6.07, 6.45) is -4.16. The average molecular weight is 440 g/mol. The normalized spacial score (nSPS) is 13.0. The van der Waals surface area contributed by atoms with E-state index in [0.717, 1.165) is 0 Å². The number of rotatable bonds is 7. The van der Waals surface area contributed by atoms with Crippen LogP contribution in [0, 0.1) is 0 Å². The van der Waals surface area contributed by atoms with Gasteiger partial charge in [-0.25, -0.2) is 8.42 Å². The predicted molar refractivity (Wildman–Crippen MR) is 109 cm³/mol. The number of sulfonamides is 1. The van der Waals surface area contributed by atoms with E-state index in [9.17, 15) is 26.4 Å². The summed E-state index contributed by atoms with van der Waals surface area (Å²) >= 11 is 0. The third kappa shape index (κ3) is 5.93. The zero-order chi connectivity index (χ0) is 22.5. The van der Waals surface area contributed by atoms with Crippen molar-refractivity contribution in [2.45, 2.75) is 37.5 Å². The highest BCUT2D eigenvalue weighted by molar-refractivity contribution is 7.89. The van der Waals surface area contributed by atoms with E-state index in [1.54, 1.807) is 19.9 Å². The first-order valence-corrected chi connectivity index (χ1v) is 10.6. The molecule has 1 amide bonds. The van der Waals surface area contributed by atoms with Crippen molar-refractivity contribution in [1.29, 1.82) is 0 Å². The molecule has 0 bridgehead atoms. The summed E-state index contributed by atoms with van der Waals surface area (Å²) < 4.78 is 66.0. The van der Waals surface area contributed by atoms with Gasteiger partial charge in [-0.2, -0.15) is 17.5 Å². The maximum Gasteiger partial charge on any atom is 0.417 e. The Kier molecular flexibility index (Phi) is 7.44. The Morgan fingerprint density at radius 2 is 1.63 bits per heavy atom. The standard InChI is InChI=1S/C21H23F3N2O3S/c1-15(2)26(3)30(28,29)18-11-9-16(10-12-18)14-25-20(27)13-19(21(22,23)24)17-7-5-4-6-8-17/h4-13,15H,14H2,1-3H3,(H,25,27)/b19-13-. The van der Waals surface area contributed by atoms with Crippen molar-refractivity contribution >= 4 is 21.5 Å². The Bertz CT molecular complexity index is 1000. The van der Waals surface area contributed by atoms with Crippen LogP contribution in [0.2, 0.25) is 0 Å². The first-order chi connectivity index (χ1) is 13.9. The van der Waals surface area contributed by atoms with Crippen LogP contribution < -0.4 is 5.32 Å². The third-order valence-corrected chi connectivity index (χ3v) is 6.51. The van der Waals surface area contributed by atoms with Crippen molar-refractivity contribution < 1.29 is 26.4 Å². The van der Waals surface area contributed by atoms with Crippen LogP contribution in [0.15, 0.2) is 65.6 Å². The van der Waals surface area contributed by atoms with E-state index in [2.05, 4.69) is 5.32 Å². The zero-order valence-corrected chi connectivity index (χ0v) is 17.6. The minimum Gasteiger partial charge on any atom is -0.348 e. The van der Waals surface area contributed by atoms with E-state index in [-0.39, 0.29) is 23.0 Å². The molecular formula is C21H23F3N2O3S. The Labute approximate surface area is 174 Å². The molecular weight excluding hydrogens is 417 g/mol. The van der Waals surface area contributed by atoms with Gasteiger partial charge in [0, 0.05) is 25.7 Å². The van der Waals surface area contributed by atoms with Crippen LogP contribution in [0.4, 0.5) is 13.2 Å². The summed E-state index contributed by atoms with van der Waals surface area (Å²) in [5.74, 6) is -0.901. The minimum atomic E-state index is -4.68. The number of nitrogens with one attached hydrogen (secondary N) is 1. The molecule has 0 saturated carbocycles. The van der Waals surface area contributed by atoms with Gasteiger partial charge < -0.3 is 5.32 Å². The Balaban J connectivity index is 2.11. The van der Waals surface area contributed by atoms with Gasteiger partial charge in [-0.05, 0) is 37.1 Å². The molecule has 0 radical (unpaired) electrons. The lowest BCUT2D eigenvalue weighted by Gasteiger charge is -2.21. The molecule has 30 heavy (non-hydrogen) atoms. The van der Waals surface area contributed by atoms with Gasteiger partial charge in [-0.1, -0.05) is 42.5 Å². The lowest BCUT2D eigenvalue weighted by molar-refractivity contribution is -0.117. The molecule has 0 aliphatic rings. The molecule has 5 nitrogen and oxygen atoms in total. The molecule has 2 rings (SSSR count). The van der Waals surface area contributed by atoms with Crippen molar-refractivity contribution in [2.75, 3.05) is 7.05 Å². The number of benzene rings is 2. The monoisotopic (exact) mass is 440 g/mol. The van der Waals surface area contributed by atoms with Crippen molar-refractivity contribution in [3.05, 3.63) is 71.8 Å². The number of carbonyl (C=O) groups is 1. The zero-order valence-electron chi connectivity index (χ0n) is 16.8. The number of carbonyl (C=O) groups excluding carboxylic acids is 1. The molecule has 162 valence electrons. The van der Waals surface area contributed by atoms with Crippen LogP contribution in [0.25, 0.3) is 5.57 Å². The summed E-state index contributed by atoms with van der Waals surface area (Å²) in [7, 11) is -2.16. The van der Waals surface area contributed by atoms with E-state index < -0.39 is 27.7 Å². The maximum atomic E-state index is 13.3. The number of hydrogen-bond donors (Lipinski definition) is 1. The summed E-state index contributed by atoms with van der Waals surface area (Å²) in [5, 5.41) is 2.40. The molecule has 0 aromatic heterocycles. The molecule has 0 spiro atoms. The SMILES string of the molecule is CC(C)N(C)S(=O)(=O)c1ccc(CNC(=O)/C=C(/c2ccccc2)C(F)(F)F)cc1. The fraction of sp³-hybridized carbons (Fsp3) is 0.286. The van der Waals surface area contributed by atoms with Crippen LogP contribution in [0.3, 0.4) is 0 Å². The fourth-order valence-corrected chi connectivity index (χ4v) is 3.91. The van der Waals surface area contributed by atoms with Crippen molar-refractivity contribution in [2.24, 2.45) is 0 Å². The van der Waals surface area contributed by atoms with Gasteiger partial charge in [0.2, 0.25) is 15.9 Å². The predicted octanol–water partition coefficient (Wildman–Crippen LogP) is 3.98. The van der Waals surface area contributed by atoms with Crippen molar-refractivity contribution in [3.8, 4) is 0 Å². The van der Waals surface area contributed by atoms with E-state index in [1.807, 2.05) is 0 Å². The highest BCUT2D eigenvalue weighted by atomic mass is 32.2. The average Bonchev–Trinajstić information content (AvgIpc) is 2.69. The van der Waals surface area contributed by atoms with Crippen LogP contribution in [-0.2, 0) is 21.4 Å². The van der Waals surface area contributed by atoms with E-state index >= 15 is 0 Å². The van der Waals surface area contributed by atoms with Crippen molar-refractivity contribution in [1.82, 2.24) is 9.62 Å². The Hall–Kier alpha value is -2.65. The Morgan fingerprint density at radius 3 is 2.13 bits per heavy atom. The molecule has 0 unspecified atom stereocenters. The highest BCUT2D eigenvalue weighted by Gasteiger charge is 2.35. The van der Waals surface area contributed by atoms with Crippen LogP contribution in [0.1, 0.15) is 25.0 Å². The van der Waals surface area contributed by atoms with Gasteiger partial charge in [0.15, 0.2) is 0 Å². The minimum absolute atomic E-state index is 0.0460. The molecule has 0 atom stereocenters. The lowest BCUT2D eigenvalue weighted by Crippen LogP contribution is -2.33. The van der Waals surface area contributed by atoms with Gasteiger partial charge >= 0.3 is 6.18 Å². The van der Waals surface area contributed by atoms with Crippen molar-refractivity contribution in [3.63, 3.8) is 0 Å². The van der Waals surface area contributed by atoms with E-state index in [1.165, 1.54) is 59.9 Å². The lowest BCUT2D eigenvalue weighted by atomic mass is 10.1. The van der Waals surface area contributed by atoms with Gasteiger partial charge in [-0.3, -0.25) is 4.79 Å². The number of nitrogens with zero attached hydrogens (tertiary/aromatic N) is 1. The summed E-state index contributed by atoms with van der Waals surface area (Å²) in [6.45, 7) is 3.45. The molecule has 0 saturated heterocycles. The van der Waals surface area contributed by atoms with Crippen LogP contribution in [-0.4, -0.2) is 37.9 Å². The topological polar surface area (TPSA) is 66.5 Å². The largest absolute Gasteiger partial charge is 0.417 e. The molecule has 0 heterocycles. The number of allylic oxidation sites excluding steroid dienone is 1. The van der Waals surface area contributed by atoms with Crippen LogP contribution in [0.5, 0.6) is 0 Å². The van der Waals surface area contributed by atoms with E-state index in [4.69, 9.17) is 0 Å². The summed E-state index contributed by atoms with van der Waals surface area (Å²) in [6, 6.07) is 12.7. The number of hydrogen-bond acceptors (Lipinski definition) is 3. The quantitative estimate of drug-likeness (QED) is 0.663. The number of halogens is 3. The van der Waals surface area contributed by atoms with Gasteiger partial charge in [0.25, 0.3) is 0 Å². The van der Waals surface area contributed by atoms with Gasteiger partial charge in [-0.15, -0.1) is 0 Å². The second kappa shape index (κ2) is 9.44. The smallest absolute Gasteiger partial charge is 0.348 e. The summed E-state index contributed by atoms with van der Waals surface area (Å²) in [5.41, 5.74) is -0.598. The highest BCUT2D eigenvalue weighted by Crippen LogP contribution is 2.33. The second-order valence-corrected chi connectivity index (χ2v) is 8.90. The maximum absolute atomic E-state index is 13.3. The second-order valence-electron chi connectivity index (χ2n) is 6.90.